The monoisotopic (exact) mass is 305 g/mol. The molecule has 7 nitrogen and oxygen atoms in total. The van der Waals surface area contributed by atoms with E-state index < -0.39 is 15.9 Å². The van der Waals surface area contributed by atoms with Crippen LogP contribution in [-0.2, 0) is 16.9 Å². The molecule has 3 rings (SSSR count). The average Bonchev–Trinajstić information content (AvgIpc) is 3.01. The Morgan fingerprint density at radius 2 is 2.14 bits per heavy atom. The summed E-state index contributed by atoms with van der Waals surface area (Å²) in [4.78, 5) is 7.64. The van der Waals surface area contributed by atoms with Crippen molar-refractivity contribution in [2.75, 3.05) is 6.26 Å². The third-order valence-electron chi connectivity index (χ3n) is 3.27. The molecule has 0 aliphatic carbocycles. The van der Waals surface area contributed by atoms with Gasteiger partial charge in [0.15, 0.2) is 9.84 Å². The molecular weight excluding hydrogens is 290 g/mol. The molecule has 0 fully saturated rings. The fraction of sp³-hybridized carbons (Fsp3) is 0.231. The lowest BCUT2D eigenvalue weighted by Gasteiger charge is -2.04. The normalized spacial score (nSPS) is 13.7. The first-order valence-corrected chi connectivity index (χ1v) is 8.18. The Bertz CT molecular complexity index is 910. The van der Waals surface area contributed by atoms with E-state index in [1.165, 1.54) is 6.07 Å². The van der Waals surface area contributed by atoms with E-state index in [-0.39, 0.29) is 4.90 Å². The first kappa shape index (κ1) is 13.8. The lowest BCUT2D eigenvalue weighted by molar-refractivity contribution is 0.602. The van der Waals surface area contributed by atoms with Crippen LogP contribution in [0, 0.1) is 0 Å². The SMILES string of the molecule is Cn1cc(C(N)c2nc3c(S(C)(=O)=O)cccc3[nH]2)cn1. The summed E-state index contributed by atoms with van der Waals surface area (Å²) >= 11 is 0. The molecule has 110 valence electrons. The molecule has 3 aromatic rings. The van der Waals surface area contributed by atoms with Gasteiger partial charge < -0.3 is 10.7 Å². The van der Waals surface area contributed by atoms with Crippen molar-refractivity contribution in [3.8, 4) is 0 Å². The molecule has 1 unspecified atom stereocenters. The van der Waals surface area contributed by atoms with E-state index in [0.717, 1.165) is 11.8 Å². The Morgan fingerprint density at radius 3 is 2.76 bits per heavy atom. The quantitative estimate of drug-likeness (QED) is 0.742. The molecule has 0 saturated carbocycles. The first-order chi connectivity index (χ1) is 9.86. The number of benzene rings is 1. The van der Waals surface area contributed by atoms with E-state index in [9.17, 15) is 8.42 Å². The van der Waals surface area contributed by atoms with E-state index in [1.54, 1.807) is 36.3 Å². The maximum atomic E-state index is 11.8. The number of para-hydroxylation sites is 1. The standard InChI is InChI=1S/C13H15N5O2S/c1-18-7-8(6-15-18)11(14)13-16-9-4-3-5-10(12(9)17-13)21(2,19)20/h3-7,11H,14H2,1-2H3,(H,16,17). The van der Waals surface area contributed by atoms with Crippen LogP contribution in [-0.4, -0.2) is 34.4 Å². The molecule has 0 bridgehead atoms. The second-order valence-electron chi connectivity index (χ2n) is 4.97. The Balaban J connectivity index is 2.14. The summed E-state index contributed by atoms with van der Waals surface area (Å²) in [5, 5.41) is 4.07. The average molecular weight is 305 g/mol. The maximum Gasteiger partial charge on any atom is 0.177 e. The zero-order chi connectivity index (χ0) is 15.2. The highest BCUT2D eigenvalue weighted by molar-refractivity contribution is 7.91. The van der Waals surface area contributed by atoms with Crippen LogP contribution in [0.5, 0.6) is 0 Å². The van der Waals surface area contributed by atoms with Crippen LogP contribution in [0.25, 0.3) is 11.0 Å². The van der Waals surface area contributed by atoms with Crippen molar-refractivity contribution in [1.82, 2.24) is 19.7 Å². The summed E-state index contributed by atoms with van der Waals surface area (Å²) in [6.45, 7) is 0. The highest BCUT2D eigenvalue weighted by atomic mass is 32.2. The van der Waals surface area contributed by atoms with Gasteiger partial charge in [0.05, 0.1) is 22.7 Å². The topological polar surface area (TPSA) is 107 Å². The number of nitrogens with one attached hydrogen (secondary N) is 1. The maximum absolute atomic E-state index is 11.8. The molecule has 8 heteroatoms. The number of rotatable bonds is 3. The van der Waals surface area contributed by atoms with Crippen LogP contribution >= 0.6 is 0 Å². The van der Waals surface area contributed by atoms with E-state index in [1.807, 2.05) is 0 Å². The molecule has 1 atom stereocenters. The number of hydrogen-bond donors (Lipinski definition) is 2. The molecule has 2 heterocycles. The molecule has 0 aliphatic rings. The molecule has 0 spiro atoms. The number of imidazole rings is 1. The van der Waals surface area contributed by atoms with Crippen LogP contribution < -0.4 is 5.73 Å². The van der Waals surface area contributed by atoms with E-state index in [4.69, 9.17) is 5.73 Å². The summed E-state index contributed by atoms with van der Waals surface area (Å²) in [6.07, 6.45) is 4.63. The largest absolute Gasteiger partial charge is 0.340 e. The van der Waals surface area contributed by atoms with Gasteiger partial charge >= 0.3 is 0 Å². The number of nitrogens with zero attached hydrogens (tertiary/aromatic N) is 3. The Morgan fingerprint density at radius 1 is 1.38 bits per heavy atom. The van der Waals surface area contributed by atoms with Crippen molar-refractivity contribution >= 4 is 20.9 Å². The highest BCUT2D eigenvalue weighted by Crippen LogP contribution is 2.24. The van der Waals surface area contributed by atoms with Crippen LogP contribution in [0.1, 0.15) is 17.4 Å². The number of aromatic amines is 1. The molecule has 0 amide bonds. The molecule has 0 radical (unpaired) electrons. The predicted molar refractivity (Wildman–Crippen MR) is 78.4 cm³/mol. The van der Waals surface area contributed by atoms with Gasteiger partial charge in [0, 0.05) is 25.1 Å². The third kappa shape index (κ3) is 2.43. The van der Waals surface area contributed by atoms with Crippen molar-refractivity contribution < 1.29 is 8.42 Å². The summed E-state index contributed by atoms with van der Waals surface area (Å²) in [5.41, 5.74) is 8.02. The van der Waals surface area contributed by atoms with Crippen molar-refractivity contribution in [2.24, 2.45) is 12.8 Å². The fourth-order valence-corrected chi connectivity index (χ4v) is 3.06. The van der Waals surface area contributed by atoms with Crippen molar-refractivity contribution in [2.45, 2.75) is 10.9 Å². The Kier molecular flexibility index (Phi) is 3.07. The minimum atomic E-state index is -3.34. The molecule has 2 aromatic heterocycles. The van der Waals surface area contributed by atoms with Gasteiger partial charge in [0.25, 0.3) is 0 Å². The van der Waals surface area contributed by atoms with E-state index in [0.29, 0.717) is 16.9 Å². The lowest BCUT2D eigenvalue weighted by Crippen LogP contribution is -2.12. The van der Waals surface area contributed by atoms with Crippen molar-refractivity contribution in [3.63, 3.8) is 0 Å². The summed E-state index contributed by atoms with van der Waals surface area (Å²) in [6, 6.07) is 4.50. The van der Waals surface area contributed by atoms with Crippen LogP contribution in [0.4, 0.5) is 0 Å². The number of H-pyrrole nitrogens is 1. The molecule has 1 aromatic carbocycles. The third-order valence-corrected chi connectivity index (χ3v) is 4.40. The second kappa shape index (κ2) is 4.68. The van der Waals surface area contributed by atoms with Gasteiger partial charge in [-0.15, -0.1) is 0 Å². The number of nitrogens with two attached hydrogens (primary N) is 1. The molecule has 21 heavy (non-hydrogen) atoms. The number of aryl methyl sites for hydroxylation is 1. The summed E-state index contributed by atoms with van der Waals surface area (Å²) in [7, 11) is -1.54. The van der Waals surface area contributed by atoms with Gasteiger partial charge in [-0.1, -0.05) is 6.07 Å². The van der Waals surface area contributed by atoms with Crippen LogP contribution in [0.15, 0.2) is 35.5 Å². The second-order valence-corrected chi connectivity index (χ2v) is 6.96. The Hall–Kier alpha value is -2.19. The number of sulfone groups is 1. The minimum Gasteiger partial charge on any atom is -0.340 e. The summed E-state index contributed by atoms with van der Waals surface area (Å²) < 4.78 is 25.3. The van der Waals surface area contributed by atoms with Gasteiger partial charge in [-0.2, -0.15) is 5.10 Å². The first-order valence-electron chi connectivity index (χ1n) is 6.29. The lowest BCUT2D eigenvalue weighted by atomic mass is 10.2. The minimum absolute atomic E-state index is 0.195. The smallest absolute Gasteiger partial charge is 0.177 e. The molecular formula is C13H15N5O2S. The fourth-order valence-electron chi connectivity index (χ4n) is 2.23. The zero-order valence-corrected chi connectivity index (χ0v) is 12.4. The number of hydrogen-bond acceptors (Lipinski definition) is 5. The van der Waals surface area contributed by atoms with Crippen LogP contribution in [0.2, 0.25) is 0 Å². The predicted octanol–water partition coefficient (Wildman–Crippen LogP) is 0.748. The van der Waals surface area contributed by atoms with E-state index in [2.05, 4.69) is 15.1 Å². The van der Waals surface area contributed by atoms with Gasteiger partial charge in [0.1, 0.15) is 11.3 Å². The van der Waals surface area contributed by atoms with E-state index >= 15 is 0 Å². The van der Waals surface area contributed by atoms with Gasteiger partial charge in [-0.25, -0.2) is 13.4 Å². The summed E-state index contributed by atoms with van der Waals surface area (Å²) in [5.74, 6) is 0.508. The van der Waals surface area contributed by atoms with Gasteiger partial charge in [0.2, 0.25) is 0 Å². The van der Waals surface area contributed by atoms with Gasteiger partial charge in [-0.3, -0.25) is 4.68 Å². The van der Waals surface area contributed by atoms with Crippen molar-refractivity contribution in [1.29, 1.82) is 0 Å². The van der Waals surface area contributed by atoms with Crippen molar-refractivity contribution in [3.05, 3.63) is 42.0 Å². The molecule has 3 N–H and O–H groups in total. The highest BCUT2D eigenvalue weighted by Gasteiger charge is 2.19. The van der Waals surface area contributed by atoms with Crippen LogP contribution in [0.3, 0.4) is 0 Å². The number of aromatic nitrogens is 4. The molecule has 0 saturated heterocycles. The Labute approximate surface area is 121 Å². The zero-order valence-electron chi connectivity index (χ0n) is 11.6. The van der Waals surface area contributed by atoms with Gasteiger partial charge in [-0.05, 0) is 12.1 Å². The number of fused-ring (bicyclic) bond motifs is 1. The molecule has 0 aliphatic heterocycles.